The van der Waals surface area contributed by atoms with Gasteiger partial charge in [0.15, 0.2) is 0 Å². The summed E-state index contributed by atoms with van der Waals surface area (Å²) in [5.74, 6) is -0.153. The molecule has 0 saturated heterocycles. The molecule has 3 nitrogen and oxygen atoms in total. The van der Waals surface area contributed by atoms with E-state index in [1.165, 1.54) is 11.1 Å². The Bertz CT molecular complexity index is 889. The summed E-state index contributed by atoms with van der Waals surface area (Å²) in [7, 11) is 0. The summed E-state index contributed by atoms with van der Waals surface area (Å²) in [5.41, 5.74) is 3.47. The van der Waals surface area contributed by atoms with Crippen LogP contribution in [-0.2, 0) is 29.0 Å². The predicted octanol–water partition coefficient (Wildman–Crippen LogP) is 6.41. The maximum atomic E-state index is 13.3. The van der Waals surface area contributed by atoms with Crippen LogP contribution in [0.25, 0.3) is 0 Å². The molecule has 0 amide bonds. The molecule has 31 heavy (non-hydrogen) atoms. The van der Waals surface area contributed by atoms with Crippen LogP contribution in [-0.4, -0.2) is 23.5 Å². The Kier molecular flexibility index (Phi) is 9.32. The first-order valence-corrected chi connectivity index (χ1v) is 11.7. The van der Waals surface area contributed by atoms with Crippen LogP contribution in [0.2, 0.25) is 0 Å². The third-order valence-electron chi connectivity index (χ3n) is 5.23. The van der Waals surface area contributed by atoms with E-state index in [-0.39, 0.29) is 12.0 Å². The zero-order chi connectivity index (χ0) is 21.9. The smallest absolute Gasteiger partial charge is 0.323 e. The number of rotatable bonds is 11. The molecule has 0 heterocycles. The van der Waals surface area contributed by atoms with Crippen molar-refractivity contribution < 1.29 is 9.53 Å². The van der Waals surface area contributed by atoms with E-state index in [2.05, 4.69) is 64.2 Å². The van der Waals surface area contributed by atoms with Gasteiger partial charge >= 0.3 is 5.97 Å². The van der Waals surface area contributed by atoms with Gasteiger partial charge in [0, 0.05) is 17.6 Å². The Morgan fingerprint density at radius 3 is 2.00 bits per heavy atom. The third-order valence-corrected chi connectivity index (χ3v) is 5.72. The Morgan fingerprint density at radius 2 is 1.45 bits per heavy atom. The SMILES string of the molecule is CCCCOC(=O)C(Cc1cccc(Br)c1)N(Cc1ccccc1)Cc1ccccc1. The molecule has 0 saturated carbocycles. The van der Waals surface area contributed by atoms with Gasteiger partial charge < -0.3 is 4.74 Å². The molecule has 0 radical (unpaired) electrons. The van der Waals surface area contributed by atoms with Crippen LogP contribution in [0.1, 0.15) is 36.5 Å². The largest absolute Gasteiger partial charge is 0.465 e. The monoisotopic (exact) mass is 479 g/mol. The van der Waals surface area contributed by atoms with Gasteiger partial charge in [-0.15, -0.1) is 0 Å². The molecule has 1 unspecified atom stereocenters. The van der Waals surface area contributed by atoms with Gasteiger partial charge in [-0.05, 0) is 41.7 Å². The molecule has 3 rings (SSSR count). The predicted molar refractivity (Wildman–Crippen MR) is 130 cm³/mol. The average Bonchev–Trinajstić information content (AvgIpc) is 2.79. The number of benzene rings is 3. The van der Waals surface area contributed by atoms with Crippen LogP contribution >= 0.6 is 15.9 Å². The lowest BCUT2D eigenvalue weighted by atomic mass is 10.0. The van der Waals surface area contributed by atoms with Gasteiger partial charge in [-0.3, -0.25) is 9.69 Å². The van der Waals surface area contributed by atoms with Crippen molar-refractivity contribution in [2.45, 2.75) is 45.3 Å². The number of ether oxygens (including phenoxy) is 1. The molecule has 0 aromatic heterocycles. The lowest BCUT2D eigenvalue weighted by Gasteiger charge is -2.31. The second-order valence-corrected chi connectivity index (χ2v) is 8.66. The van der Waals surface area contributed by atoms with Crippen molar-refractivity contribution in [1.82, 2.24) is 4.90 Å². The first kappa shape index (κ1) is 23.2. The van der Waals surface area contributed by atoms with Gasteiger partial charge in [-0.2, -0.15) is 0 Å². The molecular weight excluding hydrogens is 450 g/mol. The molecule has 0 bridgehead atoms. The highest BCUT2D eigenvalue weighted by Gasteiger charge is 2.28. The molecular formula is C27H30BrNO2. The van der Waals surface area contributed by atoms with Crippen LogP contribution in [0.3, 0.4) is 0 Å². The molecule has 3 aromatic carbocycles. The maximum Gasteiger partial charge on any atom is 0.323 e. The minimum absolute atomic E-state index is 0.153. The normalized spacial score (nSPS) is 12.0. The number of esters is 1. The Balaban J connectivity index is 1.89. The van der Waals surface area contributed by atoms with Crippen molar-refractivity contribution in [3.8, 4) is 0 Å². The van der Waals surface area contributed by atoms with Gasteiger partial charge in [0.05, 0.1) is 6.61 Å². The topological polar surface area (TPSA) is 29.5 Å². The van der Waals surface area contributed by atoms with Crippen molar-refractivity contribution in [3.63, 3.8) is 0 Å². The number of hydrogen-bond acceptors (Lipinski definition) is 3. The summed E-state index contributed by atoms with van der Waals surface area (Å²) in [5, 5.41) is 0. The molecule has 0 aliphatic carbocycles. The van der Waals surface area contributed by atoms with Crippen molar-refractivity contribution >= 4 is 21.9 Å². The first-order valence-electron chi connectivity index (χ1n) is 10.9. The first-order chi connectivity index (χ1) is 15.2. The van der Waals surface area contributed by atoms with E-state index in [0.29, 0.717) is 26.1 Å². The maximum absolute atomic E-state index is 13.3. The summed E-state index contributed by atoms with van der Waals surface area (Å²) in [4.78, 5) is 15.5. The summed E-state index contributed by atoms with van der Waals surface area (Å²) >= 11 is 3.56. The minimum Gasteiger partial charge on any atom is -0.465 e. The van der Waals surface area contributed by atoms with Crippen LogP contribution in [0.5, 0.6) is 0 Å². The van der Waals surface area contributed by atoms with E-state index in [1.54, 1.807) is 0 Å². The lowest BCUT2D eigenvalue weighted by Crippen LogP contribution is -2.43. The van der Waals surface area contributed by atoms with Crippen LogP contribution < -0.4 is 0 Å². The van der Waals surface area contributed by atoms with Crippen molar-refractivity contribution in [1.29, 1.82) is 0 Å². The highest BCUT2D eigenvalue weighted by Crippen LogP contribution is 2.20. The van der Waals surface area contributed by atoms with E-state index in [1.807, 2.05) is 48.5 Å². The van der Waals surface area contributed by atoms with E-state index < -0.39 is 0 Å². The Hall–Kier alpha value is -2.43. The molecule has 0 fully saturated rings. The number of carbonyl (C=O) groups is 1. The van der Waals surface area contributed by atoms with Crippen LogP contribution in [0.15, 0.2) is 89.4 Å². The number of unbranched alkanes of at least 4 members (excludes halogenated alkanes) is 1. The van der Waals surface area contributed by atoms with Gasteiger partial charge in [-0.1, -0.05) is 102 Å². The molecule has 4 heteroatoms. The average molecular weight is 480 g/mol. The van der Waals surface area contributed by atoms with Gasteiger partial charge in [-0.25, -0.2) is 0 Å². The lowest BCUT2D eigenvalue weighted by molar-refractivity contribution is -0.150. The highest BCUT2D eigenvalue weighted by atomic mass is 79.9. The number of nitrogens with zero attached hydrogens (tertiary/aromatic N) is 1. The zero-order valence-corrected chi connectivity index (χ0v) is 19.6. The molecule has 0 aliphatic heterocycles. The summed E-state index contributed by atoms with van der Waals surface area (Å²) < 4.78 is 6.73. The Morgan fingerprint density at radius 1 is 0.871 bits per heavy atom. The van der Waals surface area contributed by atoms with E-state index in [0.717, 1.165) is 22.9 Å². The summed E-state index contributed by atoms with van der Waals surface area (Å²) in [6.07, 6.45) is 2.48. The molecule has 0 spiro atoms. The van der Waals surface area contributed by atoms with Crippen molar-refractivity contribution in [3.05, 3.63) is 106 Å². The van der Waals surface area contributed by atoms with Gasteiger partial charge in [0.1, 0.15) is 6.04 Å². The molecule has 0 aliphatic rings. The molecule has 3 aromatic rings. The van der Waals surface area contributed by atoms with Crippen LogP contribution in [0, 0.1) is 0 Å². The second-order valence-electron chi connectivity index (χ2n) is 7.75. The van der Waals surface area contributed by atoms with E-state index >= 15 is 0 Å². The van der Waals surface area contributed by atoms with E-state index in [9.17, 15) is 4.79 Å². The van der Waals surface area contributed by atoms with Gasteiger partial charge in [0.25, 0.3) is 0 Å². The summed E-state index contributed by atoms with van der Waals surface area (Å²) in [6.45, 7) is 3.92. The number of halogens is 1. The summed E-state index contributed by atoms with van der Waals surface area (Å²) in [6, 6.07) is 28.4. The number of hydrogen-bond donors (Lipinski definition) is 0. The fourth-order valence-corrected chi connectivity index (χ4v) is 4.02. The van der Waals surface area contributed by atoms with Crippen molar-refractivity contribution in [2.24, 2.45) is 0 Å². The van der Waals surface area contributed by atoms with Crippen LogP contribution in [0.4, 0.5) is 0 Å². The molecule has 1 atom stereocenters. The fourth-order valence-electron chi connectivity index (χ4n) is 3.57. The van der Waals surface area contributed by atoms with Gasteiger partial charge in [0.2, 0.25) is 0 Å². The fraction of sp³-hybridized carbons (Fsp3) is 0.296. The zero-order valence-electron chi connectivity index (χ0n) is 18.0. The molecule has 0 N–H and O–H groups in total. The third kappa shape index (κ3) is 7.64. The quantitative estimate of drug-likeness (QED) is 0.235. The Labute approximate surface area is 194 Å². The number of carbonyl (C=O) groups excluding carboxylic acids is 1. The van der Waals surface area contributed by atoms with Crippen molar-refractivity contribution in [2.75, 3.05) is 6.61 Å². The second kappa shape index (κ2) is 12.4. The van der Waals surface area contributed by atoms with E-state index in [4.69, 9.17) is 4.74 Å². The minimum atomic E-state index is -0.369. The molecule has 162 valence electrons. The standard InChI is InChI=1S/C27H30BrNO2/c1-2-3-17-31-27(30)26(19-24-15-10-16-25(28)18-24)29(20-22-11-6-4-7-12-22)21-23-13-8-5-9-14-23/h4-16,18,26H,2-3,17,19-21H2,1H3. The highest BCUT2D eigenvalue weighted by molar-refractivity contribution is 9.10.